The quantitative estimate of drug-likeness (QED) is 0.434. The predicted octanol–water partition coefficient (Wildman–Crippen LogP) is -2.21. The summed E-state index contributed by atoms with van der Waals surface area (Å²) in [6, 6.07) is 0. The Morgan fingerprint density at radius 2 is 1.89 bits per heavy atom. The van der Waals surface area contributed by atoms with E-state index < -0.39 is 21.8 Å². The minimum atomic E-state index is -4.15. The van der Waals surface area contributed by atoms with E-state index in [1.807, 2.05) is 0 Å². The predicted molar refractivity (Wildman–Crippen MR) is 60.5 cm³/mol. The molecule has 1 fully saturated rings. The topological polar surface area (TPSA) is 86.7 Å². The fourth-order valence-electron chi connectivity index (χ4n) is 1.54. The van der Waals surface area contributed by atoms with Crippen LogP contribution in [0.3, 0.4) is 0 Å². The van der Waals surface area contributed by atoms with Crippen LogP contribution in [0.15, 0.2) is 0 Å². The van der Waals surface area contributed by atoms with Gasteiger partial charge >= 0.3 is 35.7 Å². The number of nitrogens with zero attached hydrogens (tertiary/aromatic N) is 1. The van der Waals surface area contributed by atoms with Gasteiger partial charge in [-0.3, -0.25) is 0 Å². The minimum absolute atomic E-state index is 0. The van der Waals surface area contributed by atoms with Crippen LogP contribution in [-0.4, -0.2) is 48.4 Å². The molecule has 1 heterocycles. The van der Waals surface area contributed by atoms with Crippen molar-refractivity contribution in [3.8, 4) is 0 Å². The Bertz CT molecular complexity index is 384. The molecule has 0 aromatic carbocycles. The summed E-state index contributed by atoms with van der Waals surface area (Å²) < 4.78 is 36.4. The summed E-state index contributed by atoms with van der Waals surface area (Å²) in [6.45, 7) is 6.28. The number of ether oxygens (including phenoxy) is 1. The number of carbonyl (C=O) groups excluding carboxylic acids is 1. The molecule has 0 unspecified atom stereocenters. The normalized spacial score (nSPS) is 16.8. The molecule has 0 aromatic heterocycles. The Labute approximate surface area is 130 Å². The van der Waals surface area contributed by atoms with Crippen LogP contribution in [0, 0.1) is 5.92 Å². The Balaban J connectivity index is 0.00000289. The first-order valence-corrected chi connectivity index (χ1v) is 7.06. The summed E-state index contributed by atoms with van der Waals surface area (Å²) in [4.78, 5) is 13.0. The summed E-state index contributed by atoms with van der Waals surface area (Å²) >= 11 is 0. The number of hydrogen-bond acceptors (Lipinski definition) is 5. The molecule has 1 aliphatic heterocycles. The monoisotopic (exact) mass is 287 g/mol. The van der Waals surface area contributed by atoms with E-state index in [0.29, 0.717) is 19.5 Å². The molecular weight excluding hydrogens is 269 g/mol. The molecule has 0 radical (unpaired) electrons. The second kappa shape index (κ2) is 6.56. The van der Waals surface area contributed by atoms with E-state index in [9.17, 15) is 17.8 Å². The molecule has 1 amide bonds. The van der Waals surface area contributed by atoms with Gasteiger partial charge in [0.2, 0.25) is 0 Å². The van der Waals surface area contributed by atoms with Crippen molar-refractivity contribution < 1.29 is 52.1 Å². The van der Waals surface area contributed by atoms with E-state index in [-0.39, 0.29) is 41.2 Å². The van der Waals surface area contributed by atoms with E-state index >= 15 is 0 Å². The molecule has 0 aromatic rings. The zero-order valence-electron chi connectivity index (χ0n) is 11.3. The molecule has 0 bridgehead atoms. The van der Waals surface area contributed by atoms with Crippen molar-refractivity contribution in [1.29, 1.82) is 0 Å². The molecular formula is C10H18NNaO5S. The van der Waals surface area contributed by atoms with Crippen LogP contribution in [0.4, 0.5) is 4.79 Å². The fraction of sp³-hybridized carbons (Fsp3) is 0.900. The number of amides is 1. The van der Waals surface area contributed by atoms with Gasteiger partial charge < -0.3 is 14.2 Å². The van der Waals surface area contributed by atoms with Gasteiger partial charge in [0.05, 0.1) is 10.1 Å². The van der Waals surface area contributed by atoms with Crippen molar-refractivity contribution in [2.75, 3.05) is 18.8 Å². The van der Waals surface area contributed by atoms with Gasteiger partial charge in [0.25, 0.3) is 0 Å². The summed E-state index contributed by atoms with van der Waals surface area (Å²) in [7, 11) is -4.15. The molecule has 1 aliphatic rings. The van der Waals surface area contributed by atoms with Crippen molar-refractivity contribution in [1.82, 2.24) is 4.90 Å². The van der Waals surface area contributed by atoms with Crippen LogP contribution in [0.1, 0.15) is 27.2 Å². The standard InChI is InChI=1S/C10H19NO5S.Na/c1-10(2,3)16-9(12)11-6-8(7-11)4-5-17(13,14)15;/h8H,4-7H2,1-3H3,(H,13,14,15);/q;+1/p-1. The third-order valence-electron chi connectivity index (χ3n) is 2.38. The molecule has 6 nitrogen and oxygen atoms in total. The van der Waals surface area contributed by atoms with Gasteiger partial charge in [0.15, 0.2) is 0 Å². The van der Waals surface area contributed by atoms with E-state index in [0.717, 1.165) is 0 Å². The number of likely N-dealkylation sites (tertiary alicyclic amines) is 1. The molecule has 0 atom stereocenters. The van der Waals surface area contributed by atoms with Gasteiger partial charge in [-0.15, -0.1) is 0 Å². The maximum atomic E-state index is 11.5. The van der Waals surface area contributed by atoms with E-state index in [1.165, 1.54) is 4.90 Å². The van der Waals surface area contributed by atoms with E-state index in [4.69, 9.17) is 4.74 Å². The number of hydrogen-bond donors (Lipinski definition) is 0. The smallest absolute Gasteiger partial charge is 0.748 e. The molecule has 18 heavy (non-hydrogen) atoms. The molecule has 0 aliphatic carbocycles. The second-order valence-corrected chi connectivity index (χ2v) is 6.83. The van der Waals surface area contributed by atoms with Crippen LogP contribution >= 0.6 is 0 Å². The van der Waals surface area contributed by atoms with Crippen LogP contribution in [-0.2, 0) is 14.9 Å². The van der Waals surface area contributed by atoms with Crippen molar-refractivity contribution in [3.63, 3.8) is 0 Å². The maximum Gasteiger partial charge on any atom is 1.00 e. The van der Waals surface area contributed by atoms with Crippen LogP contribution < -0.4 is 29.6 Å². The van der Waals surface area contributed by atoms with Gasteiger partial charge in [-0.25, -0.2) is 13.2 Å². The summed E-state index contributed by atoms with van der Waals surface area (Å²) in [5, 5.41) is 0. The third-order valence-corrected chi connectivity index (χ3v) is 3.12. The zero-order chi connectivity index (χ0) is 13.3. The van der Waals surface area contributed by atoms with Crippen molar-refractivity contribution >= 4 is 16.2 Å². The maximum absolute atomic E-state index is 11.5. The number of rotatable bonds is 3. The van der Waals surface area contributed by atoms with Crippen LogP contribution in [0.5, 0.6) is 0 Å². The van der Waals surface area contributed by atoms with Gasteiger partial charge in [0.1, 0.15) is 5.60 Å². The molecule has 0 N–H and O–H groups in total. The number of carbonyl (C=O) groups is 1. The third kappa shape index (κ3) is 6.94. The Kier molecular flexibility index (Phi) is 6.63. The van der Waals surface area contributed by atoms with Gasteiger partial charge in [-0.1, -0.05) is 0 Å². The Morgan fingerprint density at radius 3 is 2.28 bits per heavy atom. The first-order chi connectivity index (χ1) is 7.57. The van der Waals surface area contributed by atoms with E-state index in [1.54, 1.807) is 20.8 Å². The summed E-state index contributed by atoms with van der Waals surface area (Å²) in [5.41, 5.74) is -0.527. The zero-order valence-corrected chi connectivity index (χ0v) is 14.1. The van der Waals surface area contributed by atoms with E-state index in [2.05, 4.69) is 0 Å². The average Bonchev–Trinajstić information content (AvgIpc) is 1.94. The Hall–Kier alpha value is 0.180. The minimum Gasteiger partial charge on any atom is -0.748 e. The molecule has 1 rings (SSSR count). The summed E-state index contributed by atoms with van der Waals surface area (Å²) in [6.07, 6.45) is -0.0794. The molecule has 1 saturated heterocycles. The molecule has 0 spiro atoms. The van der Waals surface area contributed by atoms with Crippen molar-refractivity contribution in [3.05, 3.63) is 0 Å². The first-order valence-electron chi connectivity index (χ1n) is 5.48. The van der Waals surface area contributed by atoms with Gasteiger partial charge in [-0.05, 0) is 33.1 Å². The SMILES string of the molecule is CC(C)(C)OC(=O)N1CC(CCS(=O)(=O)[O-])C1.[Na+]. The molecule has 8 heteroatoms. The van der Waals surface area contributed by atoms with Gasteiger partial charge in [0, 0.05) is 18.8 Å². The second-order valence-electron chi connectivity index (χ2n) is 5.30. The first kappa shape index (κ1) is 18.2. The van der Waals surface area contributed by atoms with Crippen LogP contribution in [0.2, 0.25) is 0 Å². The average molecular weight is 287 g/mol. The summed E-state index contributed by atoms with van der Waals surface area (Å²) in [5.74, 6) is -0.272. The van der Waals surface area contributed by atoms with Gasteiger partial charge in [-0.2, -0.15) is 0 Å². The largest absolute Gasteiger partial charge is 1.00 e. The molecule has 0 saturated carbocycles. The molecule has 100 valence electrons. The Morgan fingerprint density at radius 1 is 1.39 bits per heavy atom. The van der Waals surface area contributed by atoms with Crippen molar-refractivity contribution in [2.24, 2.45) is 5.92 Å². The fourth-order valence-corrected chi connectivity index (χ4v) is 2.16. The van der Waals surface area contributed by atoms with Crippen LogP contribution in [0.25, 0.3) is 0 Å². The van der Waals surface area contributed by atoms with Crippen molar-refractivity contribution in [2.45, 2.75) is 32.8 Å².